The number of rotatable bonds is 6. The molecule has 1 N–H and O–H groups in total. The summed E-state index contributed by atoms with van der Waals surface area (Å²) in [6.07, 6.45) is 1.25. The Bertz CT molecular complexity index is 314. The van der Waals surface area contributed by atoms with Crippen LogP contribution in [0.2, 0.25) is 0 Å². The lowest BCUT2D eigenvalue weighted by atomic mass is 9.88. The van der Waals surface area contributed by atoms with Gasteiger partial charge in [0.1, 0.15) is 0 Å². The maximum absolute atomic E-state index is 10.2. The second kappa shape index (κ2) is 5.36. The van der Waals surface area contributed by atoms with Crippen LogP contribution in [-0.2, 0) is 18.2 Å². The molecule has 0 bridgehead atoms. The van der Waals surface area contributed by atoms with Gasteiger partial charge in [-0.15, -0.1) is 10.2 Å². The Balaban J connectivity index is 2.72. The molecule has 1 aromatic heterocycles. The first-order valence-corrected chi connectivity index (χ1v) is 5.54. The van der Waals surface area contributed by atoms with Crippen molar-refractivity contribution in [1.29, 1.82) is 0 Å². The zero-order valence-corrected chi connectivity index (χ0v) is 10.3. The number of hydrogen-bond donors (Lipinski definition) is 1. The van der Waals surface area contributed by atoms with Crippen LogP contribution in [0.5, 0.6) is 0 Å². The topological polar surface area (TPSA) is 73.1 Å². The minimum Gasteiger partial charge on any atom is -0.390 e. The zero-order chi connectivity index (χ0) is 12.2. The Morgan fingerprint density at radius 3 is 2.44 bits per heavy atom. The fourth-order valence-corrected chi connectivity index (χ4v) is 1.91. The smallest absolute Gasteiger partial charge is 0.177 e. The van der Waals surface area contributed by atoms with Gasteiger partial charge in [-0.2, -0.15) is 4.80 Å². The molecule has 0 radical (unpaired) electrons. The lowest BCUT2D eigenvalue weighted by Crippen LogP contribution is -2.44. The largest absolute Gasteiger partial charge is 0.390 e. The Kier molecular flexibility index (Phi) is 4.37. The number of hydrogen-bond acceptors (Lipinski definition) is 5. The van der Waals surface area contributed by atoms with E-state index in [0.717, 1.165) is 12.8 Å². The molecule has 1 atom stereocenters. The van der Waals surface area contributed by atoms with Gasteiger partial charge in [0, 0.05) is 13.5 Å². The van der Waals surface area contributed by atoms with Crippen LogP contribution in [0.1, 0.15) is 32.5 Å². The highest BCUT2D eigenvalue weighted by atomic mass is 16.5. The highest BCUT2D eigenvalue weighted by molar-refractivity contribution is 4.92. The quantitative estimate of drug-likeness (QED) is 0.759. The van der Waals surface area contributed by atoms with Crippen LogP contribution in [0.25, 0.3) is 0 Å². The first kappa shape index (κ1) is 13.1. The lowest BCUT2D eigenvalue weighted by molar-refractivity contribution is -0.107. The van der Waals surface area contributed by atoms with Gasteiger partial charge in [-0.1, -0.05) is 13.8 Å². The van der Waals surface area contributed by atoms with Crippen molar-refractivity contribution in [3.63, 3.8) is 0 Å². The van der Waals surface area contributed by atoms with E-state index in [2.05, 4.69) is 15.4 Å². The van der Waals surface area contributed by atoms with Crippen LogP contribution in [0.4, 0.5) is 0 Å². The molecule has 0 amide bonds. The van der Waals surface area contributed by atoms with Gasteiger partial charge in [-0.05, 0) is 18.1 Å². The van der Waals surface area contributed by atoms with Crippen LogP contribution in [0.3, 0.4) is 0 Å². The van der Waals surface area contributed by atoms with Crippen LogP contribution in [-0.4, -0.2) is 44.1 Å². The van der Waals surface area contributed by atoms with E-state index >= 15 is 0 Å². The number of nitrogens with zero attached hydrogens (tertiary/aromatic N) is 4. The molecule has 0 aliphatic rings. The predicted molar refractivity (Wildman–Crippen MR) is 58.8 cm³/mol. The van der Waals surface area contributed by atoms with E-state index in [1.165, 1.54) is 4.80 Å². The molecular formula is C10H20N4O2. The van der Waals surface area contributed by atoms with E-state index in [4.69, 9.17) is 4.74 Å². The summed E-state index contributed by atoms with van der Waals surface area (Å²) in [5.41, 5.74) is -0.515. The molecular weight excluding hydrogens is 208 g/mol. The third-order valence-corrected chi connectivity index (χ3v) is 3.14. The van der Waals surface area contributed by atoms with E-state index in [1.54, 1.807) is 14.2 Å². The van der Waals surface area contributed by atoms with Gasteiger partial charge >= 0.3 is 0 Å². The third-order valence-electron chi connectivity index (χ3n) is 3.14. The number of tetrazole rings is 1. The zero-order valence-electron chi connectivity index (χ0n) is 10.3. The maximum atomic E-state index is 10.2. The molecule has 1 unspecified atom stereocenters. The Labute approximate surface area is 95.6 Å². The van der Waals surface area contributed by atoms with Crippen LogP contribution in [0, 0.1) is 0 Å². The first-order chi connectivity index (χ1) is 7.57. The predicted octanol–water partition coefficient (Wildman–Crippen LogP) is 0.319. The van der Waals surface area contributed by atoms with E-state index in [9.17, 15) is 5.11 Å². The van der Waals surface area contributed by atoms with Crippen molar-refractivity contribution in [1.82, 2.24) is 20.2 Å². The molecule has 6 nitrogen and oxygen atoms in total. The molecule has 0 aromatic carbocycles. The highest BCUT2D eigenvalue weighted by Crippen LogP contribution is 2.25. The maximum Gasteiger partial charge on any atom is 0.177 e. The summed E-state index contributed by atoms with van der Waals surface area (Å²) in [7, 11) is 3.33. The molecule has 1 aromatic rings. The number of aromatic nitrogens is 4. The molecule has 1 heterocycles. The summed E-state index contributed by atoms with van der Waals surface area (Å²) in [6.45, 7) is 4.00. The minimum absolute atomic E-state index is 0.364. The fraction of sp³-hybridized carbons (Fsp3) is 0.900. The highest BCUT2D eigenvalue weighted by Gasteiger charge is 2.35. The molecule has 92 valence electrons. The number of ether oxygens (including phenoxy) is 1. The molecule has 0 saturated heterocycles. The molecule has 0 aliphatic heterocycles. The van der Waals surface area contributed by atoms with Crippen molar-refractivity contribution in [2.45, 2.75) is 44.8 Å². The lowest BCUT2D eigenvalue weighted by Gasteiger charge is -2.34. The number of aliphatic hydroxyl groups is 1. The molecule has 1 rings (SSSR count). The number of aryl methyl sites for hydroxylation is 1. The van der Waals surface area contributed by atoms with Crippen molar-refractivity contribution >= 4 is 0 Å². The van der Waals surface area contributed by atoms with Gasteiger partial charge < -0.3 is 9.84 Å². The summed E-state index contributed by atoms with van der Waals surface area (Å²) in [4.78, 5) is 1.38. The van der Waals surface area contributed by atoms with E-state index in [1.807, 2.05) is 13.8 Å². The van der Waals surface area contributed by atoms with Crippen LogP contribution in [0.15, 0.2) is 0 Å². The Morgan fingerprint density at radius 2 is 2.06 bits per heavy atom. The first-order valence-electron chi connectivity index (χ1n) is 5.54. The minimum atomic E-state index is -0.614. The van der Waals surface area contributed by atoms with Gasteiger partial charge in [0.2, 0.25) is 0 Å². The molecule has 0 spiro atoms. The average Bonchev–Trinajstić information content (AvgIpc) is 2.67. The summed E-state index contributed by atoms with van der Waals surface area (Å²) < 4.78 is 5.44. The second-order valence-corrected chi connectivity index (χ2v) is 3.89. The SMILES string of the molecule is CCC(CC)(OC)C(O)Cc1nnn(C)n1. The second-order valence-electron chi connectivity index (χ2n) is 3.89. The fourth-order valence-electron chi connectivity index (χ4n) is 1.91. The summed E-state index contributed by atoms with van der Waals surface area (Å²) >= 11 is 0. The Hall–Kier alpha value is -1.01. The van der Waals surface area contributed by atoms with Gasteiger partial charge in [-0.3, -0.25) is 0 Å². The van der Waals surface area contributed by atoms with E-state index in [0.29, 0.717) is 12.2 Å². The van der Waals surface area contributed by atoms with Gasteiger partial charge in [-0.25, -0.2) is 0 Å². The number of methoxy groups -OCH3 is 1. The van der Waals surface area contributed by atoms with Gasteiger partial charge in [0.05, 0.1) is 18.8 Å². The van der Waals surface area contributed by atoms with Crippen molar-refractivity contribution in [3.05, 3.63) is 5.82 Å². The third kappa shape index (κ3) is 2.56. The average molecular weight is 228 g/mol. The van der Waals surface area contributed by atoms with Crippen LogP contribution >= 0.6 is 0 Å². The summed E-state index contributed by atoms with van der Waals surface area (Å²) in [5.74, 6) is 0.540. The normalized spacial score (nSPS) is 14.1. The van der Waals surface area contributed by atoms with Crippen molar-refractivity contribution in [2.24, 2.45) is 7.05 Å². The van der Waals surface area contributed by atoms with Crippen LogP contribution < -0.4 is 0 Å². The monoisotopic (exact) mass is 228 g/mol. The van der Waals surface area contributed by atoms with E-state index < -0.39 is 11.7 Å². The Morgan fingerprint density at radius 1 is 1.44 bits per heavy atom. The van der Waals surface area contributed by atoms with Gasteiger partial charge in [0.25, 0.3) is 0 Å². The van der Waals surface area contributed by atoms with Crippen molar-refractivity contribution < 1.29 is 9.84 Å². The molecule has 6 heteroatoms. The van der Waals surface area contributed by atoms with Gasteiger partial charge in [0.15, 0.2) is 5.82 Å². The molecule has 0 aliphatic carbocycles. The molecule has 0 saturated carbocycles. The summed E-state index contributed by atoms with van der Waals surface area (Å²) in [6, 6.07) is 0. The number of aliphatic hydroxyl groups excluding tert-OH is 1. The molecule has 0 fully saturated rings. The summed E-state index contributed by atoms with van der Waals surface area (Å²) in [5, 5.41) is 21.8. The van der Waals surface area contributed by atoms with E-state index in [-0.39, 0.29) is 0 Å². The van der Waals surface area contributed by atoms with Crippen molar-refractivity contribution in [2.75, 3.05) is 7.11 Å². The molecule has 16 heavy (non-hydrogen) atoms. The van der Waals surface area contributed by atoms with Crippen molar-refractivity contribution in [3.8, 4) is 0 Å². The standard InChI is InChI=1S/C10H20N4O2/c1-5-10(6-2,16-4)8(15)7-9-11-13-14(3)12-9/h8,15H,5-7H2,1-4H3.